The first kappa shape index (κ1) is 28.4. The van der Waals surface area contributed by atoms with Crippen molar-refractivity contribution in [2.45, 2.75) is 26.2 Å². The van der Waals surface area contributed by atoms with Gasteiger partial charge in [-0.25, -0.2) is 10.6 Å². The van der Waals surface area contributed by atoms with Crippen LogP contribution in [0.15, 0.2) is 24.0 Å². The van der Waals surface area contributed by atoms with Crippen LogP contribution >= 0.6 is 0 Å². The third-order valence-electron chi connectivity index (χ3n) is 4.41. The van der Waals surface area contributed by atoms with Gasteiger partial charge in [0.05, 0.1) is 52.7 Å². The van der Waals surface area contributed by atoms with Gasteiger partial charge in [-0.2, -0.15) is 0 Å². The standard InChI is InChI=1S/C21H38N6O6/c1-2-3-4-7-24-21(30)25-8-10-31-12-14-33-15-13-32-11-9-26(23)16-18(22)17-27-19(28)5-6-20(27)29/h5-6,16H,2-4,7-15,17,22-23H2,1H3,(H2,24,25,30)/b18-16-. The van der Waals surface area contributed by atoms with Gasteiger partial charge in [0.2, 0.25) is 0 Å². The number of nitrogens with one attached hydrogen (secondary N) is 2. The molecule has 6 N–H and O–H groups in total. The number of ether oxygens (including phenoxy) is 3. The molecule has 0 saturated carbocycles. The molecule has 1 aliphatic rings. The summed E-state index contributed by atoms with van der Waals surface area (Å²) in [6.07, 6.45) is 7.08. The van der Waals surface area contributed by atoms with E-state index in [0.29, 0.717) is 59.3 Å². The molecule has 1 rings (SSSR count). The van der Waals surface area contributed by atoms with Gasteiger partial charge in [0, 0.05) is 37.1 Å². The highest BCUT2D eigenvalue weighted by atomic mass is 16.5. The van der Waals surface area contributed by atoms with Crippen LogP contribution in [-0.4, -0.2) is 93.6 Å². The molecule has 0 saturated heterocycles. The number of hydrazine groups is 1. The molecule has 1 heterocycles. The average molecular weight is 471 g/mol. The minimum Gasteiger partial charge on any atom is -0.399 e. The number of amides is 4. The molecule has 188 valence electrons. The molecule has 0 bridgehead atoms. The predicted octanol–water partition coefficient (Wildman–Crippen LogP) is -0.574. The summed E-state index contributed by atoms with van der Waals surface area (Å²) in [5, 5.41) is 6.86. The molecule has 0 aromatic heterocycles. The molecule has 0 fully saturated rings. The number of hydrogen-bond acceptors (Lipinski definition) is 9. The van der Waals surface area contributed by atoms with Gasteiger partial charge in [0.1, 0.15) is 0 Å². The lowest BCUT2D eigenvalue weighted by Crippen LogP contribution is -2.37. The highest BCUT2D eigenvalue weighted by Gasteiger charge is 2.23. The Morgan fingerprint density at radius 3 is 2.18 bits per heavy atom. The summed E-state index contributed by atoms with van der Waals surface area (Å²) in [6.45, 7) is 6.05. The second kappa shape index (κ2) is 17.8. The van der Waals surface area contributed by atoms with Gasteiger partial charge in [0.15, 0.2) is 0 Å². The van der Waals surface area contributed by atoms with Gasteiger partial charge in [-0.15, -0.1) is 0 Å². The summed E-state index contributed by atoms with van der Waals surface area (Å²) in [5.41, 5.74) is 6.11. The number of hydrogen-bond donors (Lipinski definition) is 4. The minimum atomic E-state index is -0.397. The van der Waals surface area contributed by atoms with Crippen LogP contribution in [0.2, 0.25) is 0 Å². The first-order chi connectivity index (χ1) is 15.9. The second-order valence-corrected chi connectivity index (χ2v) is 7.26. The summed E-state index contributed by atoms with van der Waals surface area (Å²) < 4.78 is 16.2. The molecular weight excluding hydrogens is 432 g/mol. The van der Waals surface area contributed by atoms with Gasteiger partial charge >= 0.3 is 6.03 Å². The lowest BCUT2D eigenvalue weighted by Gasteiger charge is -2.18. The molecule has 0 aliphatic carbocycles. The average Bonchev–Trinajstić information content (AvgIpc) is 3.09. The first-order valence-electron chi connectivity index (χ1n) is 11.2. The second-order valence-electron chi connectivity index (χ2n) is 7.26. The molecule has 0 aromatic carbocycles. The highest BCUT2D eigenvalue weighted by molar-refractivity contribution is 6.13. The Kier molecular flexibility index (Phi) is 15.3. The van der Waals surface area contributed by atoms with E-state index in [-0.39, 0.29) is 18.3 Å². The van der Waals surface area contributed by atoms with E-state index in [1.807, 2.05) is 0 Å². The molecule has 12 heteroatoms. The van der Waals surface area contributed by atoms with E-state index < -0.39 is 11.8 Å². The lowest BCUT2D eigenvalue weighted by atomic mass is 10.2. The lowest BCUT2D eigenvalue weighted by molar-refractivity contribution is -0.136. The van der Waals surface area contributed by atoms with Gasteiger partial charge < -0.3 is 35.6 Å². The highest BCUT2D eigenvalue weighted by Crippen LogP contribution is 2.05. The van der Waals surface area contributed by atoms with Crippen molar-refractivity contribution in [3.8, 4) is 0 Å². The Labute approximate surface area is 195 Å². The molecule has 4 amide bonds. The molecule has 0 radical (unpaired) electrons. The Bertz CT molecular complexity index is 639. The molecule has 0 atom stereocenters. The summed E-state index contributed by atoms with van der Waals surface area (Å²) in [6, 6.07) is -0.175. The fraction of sp³-hybridized carbons (Fsp3) is 0.667. The number of carbonyl (C=O) groups excluding carboxylic acids is 3. The first-order valence-corrected chi connectivity index (χ1v) is 11.2. The third kappa shape index (κ3) is 14.2. The number of unbranched alkanes of at least 4 members (excludes halogenated alkanes) is 2. The van der Waals surface area contributed by atoms with Gasteiger partial charge in [-0.05, 0) is 6.42 Å². The zero-order chi connectivity index (χ0) is 24.3. The van der Waals surface area contributed by atoms with E-state index in [1.165, 1.54) is 23.4 Å². The number of nitrogens with two attached hydrogens (primary N) is 2. The van der Waals surface area contributed by atoms with Crippen molar-refractivity contribution in [3.63, 3.8) is 0 Å². The van der Waals surface area contributed by atoms with Crippen LogP contribution in [0.25, 0.3) is 0 Å². The predicted molar refractivity (Wildman–Crippen MR) is 122 cm³/mol. The maximum Gasteiger partial charge on any atom is 0.314 e. The Hall–Kier alpha value is -2.67. The van der Waals surface area contributed by atoms with Crippen molar-refractivity contribution in [2.75, 3.05) is 65.8 Å². The van der Waals surface area contributed by atoms with E-state index >= 15 is 0 Å². The molecule has 0 aromatic rings. The maximum atomic E-state index is 11.5. The Morgan fingerprint density at radius 2 is 1.55 bits per heavy atom. The fourth-order valence-corrected chi connectivity index (χ4v) is 2.68. The van der Waals surface area contributed by atoms with Gasteiger partial charge in [-0.3, -0.25) is 14.5 Å². The van der Waals surface area contributed by atoms with Crippen molar-refractivity contribution in [1.82, 2.24) is 20.5 Å². The van der Waals surface area contributed by atoms with Crippen molar-refractivity contribution < 1.29 is 28.6 Å². The number of urea groups is 1. The van der Waals surface area contributed by atoms with Crippen LogP contribution in [0.1, 0.15) is 26.2 Å². The van der Waals surface area contributed by atoms with Crippen molar-refractivity contribution in [3.05, 3.63) is 24.0 Å². The number of imide groups is 1. The zero-order valence-electron chi connectivity index (χ0n) is 19.4. The quantitative estimate of drug-likeness (QED) is 0.0838. The van der Waals surface area contributed by atoms with Crippen LogP contribution in [0.4, 0.5) is 4.79 Å². The summed E-state index contributed by atoms with van der Waals surface area (Å²) in [7, 11) is 0. The maximum absolute atomic E-state index is 11.5. The Balaban J connectivity index is 1.90. The number of rotatable bonds is 19. The van der Waals surface area contributed by atoms with E-state index in [1.54, 1.807) is 0 Å². The monoisotopic (exact) mass is 470 g/mol. The van der Waals surface area contributed by atoms with Crippen LogP contribution in [0, 0.1) is 0 Å². The van der Waals surface area contributed by atoms with E-state index in [9.17, 15) is 14.4 Å². The minimum absolute atomic E-state index is 0.0164. The van der Waals surface area contributed by atoms with Gasteiger partial charge in [-0.1, -0.05) is 19.8 Å². The number of carbonyl (C=O) groups is 3. The fourth-order valence-electron chi connectivity index (χ4n) is 2.68. The topological polar surface area (TPSA) is 161 Å². The Morgan fingerprint density at radius 1 is 0.970 bits per heavy atom. The summed E-state index contributed by atoms with van der Waals surface area (Å²) >= 11 is 0. The summed E-state index contributed by atoms with van der Waals surface area (Å²) in [4.78, 5) is 35.5. The van der Waals surface area contributed by atoms with Gasteiger partial charge in [0.25, 0.3) is 11.8 Å². The van der Waals surface area contributed by atoms with Crippen molar-refractivity contribution >= 4 is 17.8 Å². The normalized spacial score (nSPS) is 13.6. The largest absolute Gasteiger partial charge is 0.399 e. The van der Waals surface area contributed by atoms with E-state index in [4.69, 9.17) is 25.8 Å². The van der Waals surface area contributed by atoms with E-state index in [0.717, 1.165) is 24.2 Å². The number of nitrogens with zero attached hydrogens (tertiary/aromatic N) is 2. The van der Waals surface area contributed by atoms with Crippen LogP contribution < -0.4 is 22.2 Å². The zero-order valence-corrected chi connectivity index (χ0v) is 19.4. The smallest absolute Gasteiger partial charge is 0.314 e. The molecule has 33 heavy (non-hydrogen) atoms. The third-order valence-corrected chi connectivity index (χ3v) is 4.41. The van der Waals surface area contributed by atoms with E-state index in [2.05, 4.69) is 17.6 Å². The summed E-state index contributed by atoms with van der Waals surface area (Å²) in [5.74, 6) is 5.01. The van der Waals surface area contributed by atoms with Crippen molar-refractivity contribution in [2.24, 2.45) is 11.6 Å². The van der Waals surface area contributed by atoms with Crippen LogP contribution in [-0.2, 0) is 23.8 Å². The SMILES string of the molecule is CCCCCNC(=O)NCCOCCOCCOCCN(N)/C=C(\N)CN1C(=O)C=CC1=O. The molecule has 12 nitrogen and oxygen atoms in total. The van der Waals surface area contributed by atoms with Crippen LogP contribution in [0.3, 0.4) is 0 Å². The molecule has 0 unspecified atom stereocenters. The van der Waals surface area contributed by atoms with Crippen molar-refractivity contribution in [1.29, 1.82) is 0 Å². The van der Waals surface area contributed by atoms with Crippen LogP contribution in [0.5, 0.6) is 0 Å². The molecular formula is C21H38N6O6. The molecule has 0 spiro atoms. The molecule has 1 aliphatic heterocycles.